The lowest BCUT2D eigenvalue weighted by molar-refractivity contribution is -0.0531. The van der Waals surface area contributed by atoms with E-state index in [1.807, 2.05) is 38.1 Å². The molecule has 0 heterocycles. The van der Waals surface area contributed by atoms with Gasteiger partial charge in [0.2, 0.25) is 0 Å². The largest absolute Gasteiger partial charge is 0.381 e. The SMILES string of the molecule is CC[C@H](C=C[C@@H](C)[C@H]1CC[C@H]2[C@@H]3CC=C4C[C@@H](C(CCCCCOCCCCCC(OS(=O)(=O)c5ccc(C)cc5)[C@H]5CC[C@@]6(C)C(=CC[C@H]7[C@@H]8CC[C@H]([C@H](C)C=C[C@@H](CC)C(C)C)[C@@]8(C)CC[C@@H]76)C5)OS(=O)(=O)c5ccc(C)cc5)CC[C@]4(C)[C@H]3CC[C@]12C)C(C)C. The van der Waals surface area contributed by atoms with Gasteiger partial charge >= 0.3 is 0 Å². The third kappa shape index (κ3) is 15.8. The van der Waals surface area contributed by atoms with Crippen molar-refractivity contribution < 1.29 is 29.9 Å². The molecule has 0 bridgehead atoms. The minimum atomic E-state index is -3.95. The van der Waals surface area contributed by atoms with E-state index < -0.39 is 20.2 Å². The molecule has 6 fully saturated rings. The number of hydrogen-bond donors (Lipinski definition) is 0. The van der Waals surface area contributed by atoms with E-state index in [1.54, 1.807) is 35.4 Å². The second-order valence-corrected chi connectivity index (χ2v) is 37.4. The van der Waals surface area contributed by atoms with Gasteiger partial charge in [0.05, 0.1) is 22.0 Å². The average molecular weight is 1320 g/mol. The predicted molar refractivity (Wildman–Crippen MR) is 385 cm³/mol. The van der Waals surface area contributed by atoms with Crippen molar-refractivity contribution in [3.63, 3.8) is 0 Å². The van der Waals surface area contributed by atoms with E-state index in [0.717, 1.165) is 124 Å². The number of benzene rings is 2. The van der Waals surface area contributed by atoms with Crippen LogP contribution in [0.1, 0.15) is 261 Å². The summed E-state index contributed by atoms with van der Waals surface area (Å²) in [7, 11) is -7.89. The Labute approximate surface area is 569 Å². The molecular weight excluding hydrogens is 1190 g/mol. The normalized spacial score (nSPS) is 34.8. The van der Waals surface area contributed by atoms with E-state index in [2.05, 4.69) is 120 Å². The predicted octanol–water partition coefficient (Wildman–Crippen LogP) is 22.4. The highest BCUT2D eigenvalue weighted by Crippen LogP contribution is 2.70. The van der Waals surface area contributed by atoms with Crippen molar-refractivity contribution in [3.05, 3.63) is 107 Å². The molecule has 0 aromatic heterocycles. The second-order valence-electron chi connectivity index (χ2n) is 34.2. The lowest BCUT2D eigenvalue weighted by Gasteiger charge is -2.59. The van der Waals surface area contributed by atoms with Crippen LogP contribution in [0.25, 0.3) is 0 Å². The Hall–Kier alpha value is -2.82. The molecule has 0 spiro atoms. The molecule has 10 rings (SSSR count). The van der Waals surface area contributed by atoms with Gasteiger partial charge in [0.25, 0.3) is 20.2 Å². The van der Waals surface area contributed by atoms with Crippen LogP contribution in [0.3, 0.4) is 0 Å². The first-order valence-corrected chi connectivity index (χ1v) is 41.4. The number of ether oxygens (including phenoxy) is 1. The lowest BCUT2D eigenvalue weighted by Crippen LogP contribution is -2.51. The molecule has 20 atom stereocenters. The van der Waals surface area contributed by atoms with Crippen molar-refractivity contribution >= 4 is 20.2 Å². The molecule has 8 aliphatic carbocycles. The number of fused-ring (bicyclic) bond motifs is 10. The van der Waals surface area contributed by atoms with Gasteiger partial charge in [0, 0.05) is 13.2 Å². The third-order valence-corrected chi connectivity index (χ3v) is 31.1. The molecule has 8 aliphatic rings. The molecule has 2 aromatic carbocycles. The second kappa shape index (κ2) is 30.7. The number of aryl methyl sites for hydroxylation is 2. The van der Waals surface area contributed by atoms with Crippen LogP contribution in [0.5, 0.6) is 0 Å². The Morgan fingerprint density at radius 2 is 0.860 bits per heavy atom. The average Bonchev–Trinajstić information content (AvgIpc) is 1.71. The number of allylic oxidation sites excluding steroid dienone is 8. The third-order valence-electron chi connectivity index (χ3n) is 28.4. The molecule has 9 heteroatoms. The summed E-state index contributed by atoms with van der Waals surface area (Å²) in [6, 6.07) is 14.3. The minimum Gasteiger partial charge on any atom is -0.381 e. The number of rotatable bonds is 30. The van der Waals surface area contributed by atoms with Gasteiger partial charge in [-0.15, -0.1) is 0 Å². The molecule has 2 unspecified atom stereocenters. The first-order valence-electron chi connectivity index (χ1n) is 38.6. The minimum absolute atomic E-state index is 0.162. The van der Waals surface area contributed by atoms with E-state index in [1.165, 1.54) is 77.0 Å². The van der Waals surface area contributed by atoms with Crippen molar-refractivity contribution in [2.45, 2.75) is 286 Å². The van der Waals surface area contributed by atoms with Gasteiger partial charge in [-0.2, -0.15) is 16.8 Å². The van der Waals surface area contributed by atoms with Crippen molar-refractivity contribution in [3.8, 4) is 0 Å². The van der Waals surface area contributed by atoms with Gasteiger partial charge in [-0.3, -0.25) is 8.37 Å². The van der Waals surface area contributed by atoms with Crippen LogP contribution in [-0.2, 0) is 33.3 Å². The van der Waals surface area contributed by atoms with E-state index in [-0.39, 0.29) is 44.7 Å². The summed E-state index contributed by atoms with van der Waals surface area (Å²) in [6.07, 6.45) is 43.4. The van der Waals surface area contributed by atoms with E-state index in [0.29, 0.717) is 84.2 Å². The first-order chi connectivity index (χ1) is 44.3. The van der Waals surface area contributed by atoms with Crippen LogP contribution in [0.2, 0.25) is 0 Å². The maximum atomic E-state index is 14.1. The van der Waals surface area contributed by atoms with Crippen LogP contribution >= 0.6 is 0 Å². The van der Waals surface area contributed by atoms with Gasteiger partial charge in [-0.05, 0) is 296 Å². The fraction of sp³-hybridized carbons (Fsp3) is 0.762. The Morgan fingerprint density at radius 1 is 0.473 bits per heavy atom. The zero-order valence-corrected chi connectivity index (χ0v) is 62.6. The van der Waals surface area contributed by atoms with E-state index >= 15 is 0 Å². The maximum absolute atomic E-state index is 14.1. The van der Waals surface area contributed by atoms with Crippen molar-refractivity contribution in [2.24, 2.45) is 116 Å². The molecule has 0 radical (unpaired) electrons. The van der Waals surface area contributed by atoms with Gasteiger partial charge in [0.1, 0.15) is 0 Å². The molecule has 6 saturated carbocycles. The summed E-state index contributed by atoms with van der Waals surface area (Å²) < 4.78 is 75.5. The monoisotopic (exact) mass is 1310 g/mol. The van der Waals surface area contributed by atoms with Crippen LogP contribution in [0.15, 0.2) is 106 Å². The highest BCUT2D eigenvalue weighted by molar-refractivity contribution is 7.87. The molecular formula is C84H130O7S2. The van der Waals surface area contributed by atoms with Crippen molar-refractivity contribution in [1.29, 1.82) is 0 Å². The van der Waals surface area contributed by atoms with Gasteiger partial charge < -0.3 is 4.74 Å². The molecule has 7 nitrogen and oxygen atoms in total. The summed E-state index contributed by atoms with van der Waals surface area (Å²) in [5, 5.41) is 0. The van der Waals surface area contributed by atoms with Gasteiger partial charge in [-0.1, -0.05) is 192 Å². The number of unbranched alkanes of at least 4 members (excludes halogenated alkanes) is 4. The van der Waals surface area contributed by atoms with Crippen LogP contribution < -0.4 is 0 Å². The standard InChI is InChI=1S/C84H130O7S2/c1-15-63(57(3)4)31-29-61(9)73-41-43-75-71-39-33-67-55-65(45-49-81(67,11)77(71)47-51-83(73,75)13)79(90-92(85,86)69-35-25-59(7)26-36-69)23-19-17-21-53-89-54-22-18-20-24-80(91-93(87,88)70-37-27-60(8)28-38-70)66-46-50-82(12)68(56-66)34-40-72-76-44-42-74(84(76,14)52-48-78(72)82)62(10)30-32-64(16-2)58(5)6/h25-38,57-58,61-66,71-80H,15-24,39-56H2,1-14H3/t61-,62-,63-,64-,65+,66+,71+,72+,73-,74-,75+,76+,77+,78+,79?,80?,81+,82+,83-,84-/m1/s1. The lowest BCUT2D eigenvalue weighted by atomic mass is 9.46. The highest BCUT2D eigenvalue weighted by atomic mass is 32.2. The molecule has 0 N–H and O–H groups in total. The maximum Gasteiger partial charge on any atom is 0.297 e. The fourth-order valence-corrected chi connectivity index (χ4v) is 24.8. The van der Waals surface area contributed by atoms with E-state index in [9.17, 15) is 16.8 Å². The molecule has 0 amide bonds. The van der Waals surface area contributed by atoms with Crippen molar-refractivity contribution in [1.82, 2.24) is 0 Å². The van der Waals surface area contributed by atoms with Crippen LogP contribution in [-0.4, -0.2) is 42.3 Å². The summed E-state index contributed by atoms with van der Waals surface area (Å²) in [5.41, 5.74) is 6.36. The Bertz CT molecular complexity index is 2910. The summed E-state index contributed by atoms with van der Waals surface area (Å²) in [4.78, 5) is 0.497. The Balaban J connectivity index is 0.712. The van der Waals surface area contributed by atoms with Crippen molar-refractivity contribution in [2.75, 3.05) is 13.2 Å². The molecule has 520 valence electrons. The highest BCUT2D eigenvalue weighted by Gasteiger charge is 2.61. The Kier molecular flexibility index (Phi) is 24.1. The summed E-state index contributed by atoms with van der Waals surface area (Å²) >= 11 is 0. The van der Waals surface area contributed by atoms with Gasteiger partial charge in [-0.25, -0.2) is 0 Å². The van der Waals surface area contributed by atoms with Crippen LogP contribution in [0, 0.1) is 130 Å². The molecule has 0 saturated heterocycles. The topological polar surface area (TPSA) is 96.0 Å². The number of hydrogen-bond acceptors (Lipinski definition) is 7. The molecule has 2 aromatic rings. The zero-order valence-electron chi connectivity index (χ0n) is 60.9. The van der Waals surface area contributed by atoms with E-state index in [4.69, 9.17) is 13.1 Å². The fourth-order valence-electron chi connectivity index (χ4n) is 22.5. The quantitative estimate of drug-likeness (QED) is 0.0437. The molecule has 93 heavy (non-hydrogen) atoms. The summed E-state index contributed by atoms with van der Waals surface area (Å²) in [5.74, 6) is 10.2. The summed E-state index contributed by atoms with van der Waals surface area (Å²) in [6.45, 7) is 35.0. The zero-order chi connectivity index (χ0) is 66.7. The Morgan fingerprint density at radius 3 is 1.23 bits per heavy atom. The molecule has 0 aliphatic heterocycles. The first kappa shape index (κ1) is 72.9. The van der Waals surface area contributed by atoms with Crippen LogP contribution in [0.4, 0.5) is 0 Å². The van der Waals surface area contributed by atoms with Gasteiger partial charge in [0.15, 0.2) is 0 Å². The smallest absolute Gasteiger partial charge is 0.297 e.